The van der Waals surface area contributed by atoms with E-state index in [1.165, 1.54) is 0 Å². The topological polar surface area (TPSA) is 89.6 Å². The summed E-state index contributed by atoms with van der Waals surface area (Å²) in [6.45, 7) is 0.311. The van der Waals surface area contributed by atoms with Crippen LogP contribution < -0.4 is 10.5 Å². The quantitative estimate of drug-likeness (QED) is 0.798. The van der Waals surface area contributed by atoms with E-state index in [4.69, 9.17) is 15.0 Å². The molecule has 0 aliphatic rings. The molecule has 3 N–H and O–H groups in total. The zero-order chi connectivity index (χ0) is 15.5. The number of hydrogen-bond donors (Lipinski definition) is 2. The van der Waals surface area contributed by atoms with Gasteiger partial charge in [0.1, 0.15) is 5.75 Å². The van der Waals surface area contributed by atoms with Crippen molar-refractivity contribution in [2.75, 3.05) is 19.4 Å². The molecule has 21 heavy (non-hydrogen) atoms. The Morgan fingerprint density at radius 3 is 2.67 bits per heavy atom. The van der Waals surface area contributed by atoms with Crippen LogP contribution in [0.25, 0.3) is 10.8 Å². The van der Waals surface area contributed by atoms with Gasteiger partial charge in [0.2, 0.25) is 0 Å². The lowest BCUT2D eigenvalue weighted by Crippen LogP contribution is -2.17. The van der Waals surface area contributed by atoms with Crippen molar-refractivity contribution in [1.82, 2.24) is 0 Å². The molecule has 0 heterocycles. The van der Waals surface area contributed by atoms with Gasteiger partial charge in [-0.3, -0.25) is 4.55 Å². The second kappa shape index (κ2) is 6.43. The summed E-state index contributed by atoms with van der Waals surface area (Å²) in [5.74, 6) is 0.304. The summed E-state index contributed by atoms with van der Waals surface area (Å²) < 4.78 is 36.0. The van der Waals surface area contributed by atoms with Crippen LogP contribution in [-0.2, 0) is 10.1 Å². The Labute approximate surface area is 124 Å². The first-order chi connectivity index (χ1) is 9.94. The van der Waals surface area contributed by atoms with Crippen molar-refractivity contribution in [2.45, 2.75) is 12.3 Å². The maximum Gasteiger partial charge on any atom is 0.264 e. The summed E-state index contributed by atoms with van der Waals surface area (Å²) >= 11 is 0. The van der Waals surface area contributed by atoms with Crippen molar-refractivity contribution in [3.8, 4) is 5.75 Å². The van der Waals surface area contributed by atoms with E-state index < -0.39 is 10.1 Å². The highest BCUT2D eigenvalue weighted by atomic mass is 32.2. The third-order valence-corrected chi connectivity index (χ3v) is 4.32. The zero-order valence-electron chi connectivity index (χ0n) is 11.8. The first-order valence-corrected chi connectivity index (χ1v) is 8.27. The van der Waals surface area contributed by atoms with Crippen molar-refractivity contribution < 1.29 is 17.7 Å². The molecule has 0 aliphatic heterocycles. The summed E-state index contributed by atoms with van der Waals surface area (Å²) in [5, 5.41) is 2.03. The van der Waals surface area contributed by atoms with Crippen LogP contribution in [0, 0.1) is 0 Å². The molecule has 2 aromatic carbocycles. The van der Waals surface area contributed by atoms with E-state index in [1.54, 1.807) is 7.11 Å². The molecule has 0 radical (unpaired) electrons. The van der Waals surface area contributed by atoms with Crippen LogP contribution in [0.3, 0.4) is 0 Å². The molecule has 0 amide bonds. The van der Waals surface area contributed by atoms with E-state index in [1.807, 2.05) is 36.4 Å². The summed E-state index contributed by atoms with van der Waals surface area (Å²) in [4.78, 5) is 0. The van der Waals surface area contributed by atoms with Crippen LogP contribution in [0.4, 0.5) is 0 Å². The van der Waals surface area contributed by atoms with Crippen molar-refractivity contribution >= 4 is 20.9 Å². The lowest BCUT2D eigenvalue weighted by atomic mass is 9.91. The molecule has 0 saturated carbocycles. The van der Waals surface area contributed by atoms with Crippen LogP contribution in [-0.4, -0.2) is 32.4 Å². The molecule has 6 heteroatoms. The van der Waals surface area contributed by atoms with Gasteiger partial charge in [-0.05, 0) is 47.4 Å². The van der Waals surface area contributed by atoms with Crippen molar-refractivity contribution in [3.63, 3.8) is 0 Å². The molecule has 0 fully saturated rings. The third kappa shape index (κ3) is 3.93. The van der Waals surface area contributed by atoms with E-state index in [0.717, 1.165) is 22.1 Å². The minimum atomic E-state index is -3.98. The van der Waals surface area contributed by atoms with Gasteiger partial charge in [-0.15, -0.1) is 0 Å². The number of hydrogen-bond acceptors (Lipinski definition) is 4. The largest absolute Gasteiger partial charge is 0.497 e. The first kappa shape index (κ1) is 15.8. The van der Waals surface area contributed by atoms with Gasteiger partial charge in [-0.25, -0.2) is 0 Å². The van der Waals surface area contributed by atoms with Gasteiger partial charge in [0.15, 0.2) is 0 Å². The minimum Gasteiger partial charge on any atom is -0.497 e. The maximum atomic E-state index is 10.9. The Bertz CT molecular complexity index is 728. The molecular formula is C15H19NO4S. The Kier molecular flexibility index (Phi) is 4.82. The van der Waals surface area contributed by atoms with Crippen LogP contribution in [0.2, 0.25) is 0 Å². The summed E-state index contributed by atoms with van der Waals surface area (Å²) in [6, 6.07) is 11.6. The van der Waals surface area contributed by atoms with E-state index in [2.05, 4.69) is 0 Å². The van der Waals surface area contributed by atoms with E-state index in [0.29, 0.717) is 6.54 Å². The smallest absolute Gasteiger partial charge is 0.264 e. The molecule has 0 bridgehead atoms. The first-order valence-electron chi connectivity index (χ1n) is 6.66. The maximum absolute atomic E-state index is 10.9. The second-order valence-corrected chi connectivity index (χ2v) is 6.51. The SMILES string of the molecule is COc1ccc2cccc(C(CN)CCS(=O)(=O)O)c2c1. The molecule has 2 rings (SSSR count). The van der Waals surface area contributed by atoms with Crippen LogP contribution >= 0.6 is 0 Å². The molecule has 1 atom stereocenters. The summed E-state index contributed by atoms with van der Waals surface area (Å²) in [6.07, 6.45) is 0.283. The summed E-state index contributed by atoms with van der Waals surface area (Å²) in [7, 11) is -2.38. The van der Waals surface area contributed by atoms with Gasteiger partial charge >= 0.3 is 0 Å². The molecule has 5 nitrogen and oxygen atoms in total. The van der Waals surface area contributed by atoms with Crippen molar-refractivity contribution in [2.24, 2.45) is 5.73 Å². The number of nitrogens with two attached hydrogens (primary N) is 1. The Hall–Kier alpha value is -1.63. The third-order valence-electron chi connectivity index (χ3n) is 3.57. The lowest BCUT2D eigenvalue weighted by molar-refractivity contribution is 0.415. The van der Waals surface area contributed by atoms with Crippen LogP contribution in [0.1, 0.15) is 17.9 Å². The fraction of sp³-hybridized carbons (Fsp3) is 0.333. The number of rotatable bonds is 6. The van der Waals surface area contributed by atoms with E-state index in [9.17, 15) is 8.42 Å². The number of methoxy groups -OCH3 is 1. The number of benzene rings is 2. The zero-order valence-corrected chi connectivity index (χ0v) is 12.6. The molecule has 0 aliphatic carbocycles. The minimum absolute atomic E-state index is 0.136. The monoisotopic (exact) mass is 309 g/mol. The van der Waals surface area contributed by atoms with Crippen LogP contribution in [0.15, 0.2) is 36.4 Å². The average molecular weight is 309 g/mol. The molecule has 0 aromatic heterocycles. The molecular weight excluding hydrogens is 290 g/mol. The highest BCUT2D eigenvalue weighted by Gasteiger charge is 2.16. The second-order valence-electron chi connectivity index (χ2n) is 4.94. The summed E-state index contributed by atoms with van der Waals surface area (Å²) in [5.41, 5.74) is 6.76. The standard InChI is InChI=1S/C15H19NO4S/c1-20-13-6-5-11-3-2-4-14(15(11)9-13)12(10-16)7-8-21(17,18)19/h2-6,9,12H,7-8,10,16H2,1H3,(H,17,18,19). The fourth-order valence-electron chi connectivity index (χ4n) is 2.45. The normalized spacial score (nSPS) is 13.3. The Morgan fingerprint density at radius 2 is 2.05 bits per heavy atom. The van der Waals surface area contributed by atoms with Gasteiger partial charge in [0, 0.05) is 0 Å². The lowest BCUT2D eigenvalue weighted by Gasteiger charge is -2.17. The highest BCUT2D eigenvalue weighted by Crippen LogP contribution is 2.30. The predicted molar refractivity (Wildman–Crippen MR) is 83.3 cm³/mol. The van der Waals surface area contributed by atoms with Gasteiger partial charge in [-0.1, -0.05) is 24.3 Å². The van der Waals surface area contributed by atoms with Gasteiger partial charge < -0.3 is 10.5 Å². The van der Waals surface area contributed by atoms with Gasteiger partial charge in [-0.2, -0.15) is 8.42 Å². The van der Waals surface area contributed by atoms with Crippen LogP contribution in [0.5, 0.6) is 5.75 Å². The molecule has 114 valence electrons. The number of fused-ring (bicyclic) bond motifs is 1. The molecule has 2 aromatic rings. The van der Waals surface area contributed by atoms with Gasteiger partial charge in [0.25, 0.3) is 10.1 Å². The van der Waals surface area contributed by atoms with E-state index >= 15 is 0 Å². The Morgan fingerprint density at radius 1 is 1.29 bits per heavy atom. The Balaban J connectivity index is 2.42. The van der Waals surface area contributed by atoms with Crippen molar-refractivity contribution in [3.05, 3.63) is 42.0 Å². The molecule has 0 spiro atoms. The van der Waals surface area contributed by atoms with E-state index in [-0.39, 0.29) is 18.1 Å². The predicted octanol–water partition coefficient (Wildman–Crippen LogP) is 2.17. The van der Waals surface area contributed by atoms with Gasteiger partial charge in [0.05, 0.1) is 12.9 Å². The molecule has 0 saturated heterocycles. The molecule has 1 unspecified atom stereocenters. The highest BCUT2D eigenvalue weighted by molar-refractivity contribution is 7.85. The average Bonchev–Trinajstić information content (AvgIpc) is 2.46. The van der Waals surface area contributed by atoms with Crippen molar-refractivity contribution in [1.29, 1.82) is 0 Å². The fourth-order valence-corrected chi connectivity index (χ4v) is 3.03. The number of ether oxygens (including phenoxy) is 1.